The molecular formula is C17H28N2. The highest BCUT2D eigenvalue weighted by molar-refractivity contribution is 5.23. The third-order valence-corrected chi connectivity index (χ3v) is 2.78. The number of benzene rings is 1. The summed E-state index contributed by atoms with van der Waals surface area (Å²) in [6.45, 7) is 7.13. The molecule has 0 aromatic heterocycles. The fraction of sp³-hybridized carbons (Fsp3) is 0.529. The molecule has 0 aliphatic carbocycles. The topological polar surface area (TPSA) is 6.48 Å². The van der Waals surface area contributed by atoms with Crippen LogP contribution in [0.25, 0.3) is 0 Å². The molecule has 2 nitrogen and oxygen atoms in total. The Morgan fingerprint density at radius 3 is 2.21 bits per heavy atom. The van der Waals surface area contributed by atoms with Gasteiger partial charge < -0.3 is 9.80 Å². The lowest BCUT2D eigenvalue weighted by molar-refractivity contribution is 0.276. The van der Waals surface area contributed by atoms with Crippen molar-refractivity contribution in [1.29, 1.82) is 0 Å². The van der Waals surface area contributed by atoms with Gasteiger partial charge in [-0.2, -0.15) is 0 Å². The molecule has 1 aromatic rings. The van der Waals surface area contributed by atoms with E-state index in [-0.39, 0.29) is 0 Å². The number of nitrogens with zero attached hydrogens (tertiary/aromatic N) is 2. The molecule has 0 unspecified atom stereocenters. The number of terminal acetylenes is 1. The third kappa shape index (κ3) is 9.30. The molecule has 0 N–H and O–H groups in total. The van der Waals surface area contributed by atoms with E-state index < -0.39 is 0 Å². The first-order chi connectivity index (χ1) is 9.03. The summed E-state index contributed by atoms with van der Waals surface area (Å²) in [6, 6.07) is 8.88. The molecule has 0 atom stereocenters. The highest BCUT2D eigenvalue weighted by atomic mass is 15.1. The van der Waals surface area contributed by atoms with Gasteiger partial charge in [0.25, 0.3) is 0 Å². The summed E-state index contributed by atoms with van der Waals surface area (Å²) in [6.07, 6.45) is 5.72. The Labute approximate surface area is 119 Å². The summed E-state index contributed by atoms with van der Waals surface area (Å²) in [5, 5.41) is 0. The number of hydrogen-bond donors (Lipinski definition) is 0. The van der Waals surface area contributed by atoms with Crippen molar-refractivity contribution in [3.63, 3.8) is 0 Å². The average Bonchev–Trinajstić information content (AvgIpc) is 2.37. The molecule has 0 amide bonds. The summed E-state index contributed by atoms with van der Waals surface area (Å²) in [5.41, 5.74) is 2.85. The second-order valence-corrected chi connectivity index (χ2v) is 5.00. The van der Waals surface area contributed by atoms with Crippen molar-refractivity contribution < 1.29 is 0 Å². The van der Waals surface area contributed by atoms with Crippen molar-refractivity contribution in [3.05, 3.63) is 35.4 Å². The largest absolute Gasteiger partial charge is 0.308 e. The van der Waals surface area contributed by atoms with E-state index in [1.165, 1.54) is 11.1 Å². The van der Waals surface area contributed by atoms with Crippen molar-refractivity contribution in [1.82, 2.24) is 9.80 Å². The fourth-order valence-corrected chi connectivity index (χ4v) is 1.71. The normalized spacial score (nSPS) is 10.0. The van der Waals surface area contributed by atoms with Crippen molar-refractivity contribution in [2.75, 3.05) is 34.2 Å². The Morgan fingerprint density at radius 2 is 1.68 bits per heavy atom. The first kappa shape index (κ1) is 17.7. The van der Waals surface area contributed by atoms with Crippen LogP contribution in [0, 0.1) is 12.3 Å². The van der Waals surface area contributed by atoms with Crippen LogP contribution < -0.4 is 0 Å². The molecule has 1 rings (SSSR count). The molecule has 0 heterocycles. The maximum Gasteiger partial charge on any atom is 0.0231 e. The minimum absolute atomic E-state index is 1.04. The molecule has 0 radical (unpaired) electrons. The van der Waals surface area contributed by atoms with Gasteiger partial charge in [-0.25, -0.2) is 0 Å². The number of likely N-dealkylation sites (N-methyl/N-ethyl adjacent to an activating group) is 2. The first-order valence-corrected chi connectivity index (χ1v) is 6.81. The Kier molecular flexibility index (Phi) is 9.88. The van der Waals surface area contributed by atoms with Crippen LogP contribution in [0.15, 0.2) is 24.3 Å². The first-order valence-electron chi connectivity index (χ1n) is 6.81. The maximum absolute atomic E-state index is 4.60. The highest BCUT2D eigenvalue weighted by Gasteiger charge is 2.01. The molecule has 0 aliphatic rings. The molecule has 0 spiro atoms. The summed E-state index contributed by atoms with van der Waals surface area (Å²) in [5.74, 6) is 2.25. The smallest absolute Gasteiger partial charge is 0.0231 e. The van der Waals surface area contributed by atoms with E-state index in [0.717, 1.165) is 26.1 Å². The fourth-order valence-electron chi connectivity index (χ4n) is 1.71. The second-order valence-electron chi connectivity index (χ2n) is 5.00. The lowest BCUT2D eigenvalue weighted by Gasteiger charge is -2.19. The van der Waals surface area contributed by atoms with E-state index in [2.05, 4.69) is 74.5 Å². The number of rotatable bonds is 6. The van der Waals surface area contributed by atoms with Gasteiger partial charge in [-0.3, -0.25) is 0 Å². The second kappa shape index (κ2) is 10.6. The van der Waals surface area contributed by atoms with Gasteiger partial charge in [-0.15, -0.1) is 12.3 Å². The Hall–Kier alpha value is -1.30. The maximum atomic E-state index is 4.60. The van der Waals surface area contributed by atoms with Crippen LogP contribution >= 0.6 is 0 Å². The van der Waals surface area contributed by atoms with E-state index in [1.54, 1.807) is 6.92 Å². The van der Waals surface area contributed by atoms with Crippen LogP contribution in [-0.2, 0) is 13.0 Å². The van der Waals surface area contributed by atoms with Gasteiger partial charge >= 0.3 is 0 Å². The molecule has 0 bridgehead atoms. The van der Waals surface area contributed by atoms with Gasteiger partial charge in [0.1, 0.15) is 0 Å². The molecular weight excluding hydrogens is 232 g/mol. The Bertz CT molecular complexity index is 377. The average molecular weight is 260 g/mol. The van der Waals surface area contributed by atoms with E-state index >= 15 is 0 Å². The summed E-state index contributed by atoms with van der Waals surface area (Å²) < 4.78 is 0. The molecule has 0 fully saturated rings. The summed E-state index contributed by atoms with van der Waals surface area (Å²) >= 11 is 0. The Morgan fingerprint density at radius 1 is 1.11 bits per heavy atom. The number of aryl methyl sites for hydroxylation is 1. The van der Waals surface area contributed by atoms with Gasteiger partial charge in [0.05, 0.1) is 0 Å². The standard InChI is InChI=1S/C14H24N2.C3H4/c1-5-13-7-6-8-14(11-13)12-16(4)10-9-15(2)3;1-3-2/h6-8,11H,5,9-10,12H2,1-4H3;1H,2H3. The quantitative estimate of drug-likeness (QED) is 0.726. The monoisotopic (exact) mass is 260 g/mol. The molecule has 106 valence electrons. The predicted octanol–water partition coefficient (Wildman–Crippen LogP) is 2.88. The minimum atomic E-state index is 1.04. The molecule has 0 saturated heterocycles. The van der Waals surface area contributed by atoms with E-state index in [0.29, 0.717) is 0 Å². The molecule has 0 saturated carbocycles. The van der Waals surface area contributed by atoms with Crippen LogP contribution in [0.3, 0.4) is 0 Å². The van der Waals surface area contributed by atoms with Gasteiger partial charge in [0.15, 0.2) is 0 Å². The van der Waals surface area contributed by atoms with Crippen molar-refractivity contribution in [3.8, 4) is 12.3 Å². The molecule has 2 heteroatoms. The minimum Gasteiger partial charge on any atom is -0.308 e. The van der Waals surface area contributed by atoms with Crippen molar-refractivity contribution >= 4 is 0 Å². The van der Waals surface area contributed by atoms with Crippen LogP contribution in [0.1, 0.15) is 25.0 Å². The number of hydrogen-bond acceptors (Lipinski definition) is 2. The van der Waals surface area contributed by atoms with E-state index in [9.17, 15) is 0 Å². The summed E-state index contributed by atoms with van der Waals surface area (Å²) in [7, 11) is 6.42. The zero-order valence-electron chi connectivity index (χ0n) is 13.1. The SMILES string of the molecule is C#CC.CCc1cccc(CN(C)CCN(C)C)c1. The zero-order valence-corrected chi connectivity index (χ0v) is 13.1. The van der Waals surface area contributed by atoms with Crippen molar-refractivity contribution in [2.45, 2.75) is 26.8 Å². The lowest BCUT2D eigenvalue weighted by atomic mass is 10.1. The molecule has 0 aliphatic heterocycles. The van der Waals surface area contributed by atoms with E-state index in [4.69, 9.17) is 0 Å². The van der Waals surface area contributed by atoms with Crippen molar-refractivity contribution in [2.24, 2.45) is 0 Å². The molecule has 1 aromatic carbocycles. The van der Waals surface area contributed by atoms with Crippen LogP contribution in [0.5, 0.6) is 0 Å². The predicted molar refractivity (Wildman–Crippen MR) is 85.2 cm³/mol. The van der Waals surface area contributed by atoms with E-state index in [1.807, 2.05) is 0 Å². The van der Waals surface area contributed by atoms with Gasteiger partial charge in [0, 0.05) is 19.6 Å². The third-order valence-electron chi connectivity index (χ3n) is 2.78. The zero-order chi connectivity index (χ0) is 14.7. The van der Waals surface area contributed by atoms with Gasteiger partial charge in [-0.1, -0.05) is 31.2 Å². The Balaban J connectivity index is 0.000000982. The van der Waals surface area contributed by atoms with Gasteiger partial charge in [-0.05, 0) is 45.6 Å². The van der Waals surface area contributed by atoms with Crippen LogP contribution in [-0.4, -0.2) is 44.0 Å². The lowest BCUT2D eigenvalue weighted by Crippen LogP contribution is -2.28. The van der Waals surface area contributed by atoms with Crippen LogP contribution in [0.4, 0.5) is 0 Å². The molecule has 19 heavy (non-hydrogen) atoms. The van der Waals surface area contributed by atoms with Crippen LogP contribution in [0.2, 0.25) is 0 Å². The van der Waals surface area contributed by atoms with Gasteiger partial charge in [0.2, 0.25) is 0 Å². The highest BCUT2D eigenvalue weighted by Crippen LogP contribution is 2.08. The summed E-state index contributed by atoms with van der Waals surface area (Å²) in [4.78, 5) is 4.59.